The van der Waals surface area contributed by atoms with Gasteiger partial charge in [0.15, 0.2) is 0 Å². The lowest BCUT2D eigenvalue weighted by Gasteiger charge is -2.15. The Kier molecular flexibility index (Phi) is 8.78. The van der Waals surface area contributed by atoms with Gasteiger partial charge in [-0.3, -0.25) is 0 Å². The number of aromatic nitrogens is 2. The minimum Gasteiger partial charge on any atom is -0.449 e. The van der Waals surface area contributed by atoms with Gasteiger partial charge in [0.1, 0.15) is 4.21 Å². The number of ether oxygens (including phenoxy) is 1. The number of nitrogens with one attached hydrogen (secondary N) is 1. The van der Waals surface area contributed by atoms with Crippen LogP contribution in [0.25, 0.3) is 11.1 Å². The van der Waals surface area contributed by atoms with Gasteiger partial charge in [-0.1, -0.05) is 51.5 Å². The maximum absolute atomic E-state index is 13.1. The Bertz CT molecular complexity index is 1220. The fourth-order valence-electron chi connectivity index (χ4n) is 3.51. The van der Waals surface area contributed by atoms with E-state index in [1.54, 1.807) is 6.20 Å². The molecule has 1 aromatic carbocycles. The van der Waals surface area contributed by atoms with Crippen LogP contribution in [-0.2, 0) is 21.2 Å². The minimum atomic E-state index is -4.09. The third-order valence-corrected chi connectivity index (χ3v) is 8.59. The molecule has 1 atom stereocenters. The molecule has 1 N–H and O–H groups in total. The summed E-state index contributed by atoms with van der Waals surface area (Å²) in [4.78, 5) is 17.1. The van der Waals surface area contributed by atoms with Crippen LogP contribution in [-0.4, -0.2) is 30.7 Å². The number of thiophene rings is 1. The molecule has 0 fully saturated rings. The Balaban J connectivity index is 1.92. The number of unbranched alkanes of at least 4 members (excludes halogenated alkanes) is 1. The van der Waals surface area contributed by atoms with Crippen LogP contribution >= 0.6 is 22.9 Å². The summed E-state index contributed by atoms with van der Waals surface area (Å²) in [5.41, 5.74) is 2.32. The molecular weight excluding hydrogens is 494 g/mol. The summed E-state index contributed by atoms with van der Waals surface area (Å²) >= 11 is 7.33. The smallest absolute Gasteiger partial charge is 0.421 e. The molecule has 184 valence electrons. The average Bonchev–Trinajstić information content (AvgIpc) is 3.39. The van der Waals surface area contributed by atoms with E-state index in [4.69, 9.17) is 16.3 Å². The normalized spacial score (nSPS) is 12.6. The summed E-state index contributed by atoms with van der Waals surface area (Å²) in [6.45, 7) is 8.30. The number of hydrogen-bond acceptors (Lipinski definition) is 6. The quantitative estimate of drug-likeness (QED) is 0.315. The first-order valence-corrected chi connectivity index (χ1v) is 13.9. The Labute approximate surface area is 210 Å². The van der Waals surface area contributed by atoms with Crippen molar-refractivity contribution in [1.29, 1.82) is 0 Å². The molecule has 0 spiro atoms. The highest BCUT2D eigenvalue weighted by molar-refractivity contribution is 7.92. The highest BCUT2D eigenvalue weighted by Gasteiger charge is 2.26. The topological polar surface area (TPSA) is 90.3 Å². The molecule has 2 heterocycles. The van der Waals surface area contributed by atoms with Crippen LogP contribution in [0.2, 0.25) is 5.28 Å². The van der Waals surface area contributed by atoms with E-state index >= 15 is 0 Å². The number of carbonyl (C=O) groups is 1. The van der Waals surface area contributed by atoms with E-state index < -0.39 is 16.1 Å². The lowest BCUT2D eigenvalue weighted by atomic mass is 10.0. The van der Waals surface area contributed by atoms with Gasteiger partial charge in [0.05, 0.1) is 12.6 Å². The number of sulfonamides is 1. The Morgan fingerprint density at radius 1 is 1.24 bits per heavy atom. The van der Waals surface area contributed by atoms with Gasteiger partial charge in [0.2, 0.25) is 5.28 Å². The molecule has 0 saturated heterocycles. The lowest BCUT2D eigenvalue weighted by molar-refractivity contribution is 0.151. The predicted molar refractivity (Wildman–Crippen MR) is 136 cm³/mol. The van der Waals surface area contributed by atoms with Gasteiger partial charge in [-0.25, -0.2) is 22.9 Å². The van der Waals surface area contributed by atoms with Gasteiger partial charge in [-0.2, -0.15) is 0 Å². The molecule has 0 aliphatic rings. The second-order valence-corrected chi connectivity index (χ2v) is 11.9. The van der Waals surface area contributed by atoms with Crippen molar-refractivity contribution in [2.24, 2.45) is 5.92 Å². The van der Waals surface area contributed by atoms with Gasteiger partial charge in [-0.05, 0) is 54.5 Å². The zero-order valence-electron chi connectivity index (χ0n) is 19.7. The van der Waals surface area contributed by atoms with E-state index in [1.807, 2.05) is 54.9 Å². The summed E-state index contributed by atoms with van der Waals surface area (Å²) < 4.78 is 35.2. The molecule has 7 nitrogen and oxygen atoms in total. The molecule has 1 unspecified atom stereocenters. The van der Waals surface area contributed by atoms with Crippen molar-refractivity contribution in [2.75, 3.05) is 6.61 Å². The molecule has 10 heteroatoms. The third kappa shape index (κ3) is 6.40. The van der Waals surface area contributed by atoms with Crippen molar-refractivity contribution in [3.8, 4) is 11.1 Å². The molecule has 0 radical (unpaired) electrons. The zero-order valence-corrected chi connectivity index (χ0v) is 22.1. The molecular formula is C24H30ClN3O4S2. The fourth-order valence-corrected chi connectivity index (χ4v) is 6.61. The maximum Gasteiger partial charge on any atom is 0.421 e. The average molecular weight is 524 g/mol. The lowest BCUT2D eigenvalue weighted by Crippen LogP contribution is -2.31. The zero-order chi connectivity index (χ0) is 24.9. The molecule has 0 aliphatic carbocycles. The largest absolute Gasteiger partial charge is 0.449 e. The highest BCUT2D eigenvalue weighted by Crippen LogP contribution is 2.37. The van der Waals surface area contributed by atoms with Crippen molar-refractivity contribution in [1.82, 2.24) is 14.3 Å². The first-order chi connectivity index (χ1) is 16.1. The van der Waals surface area contributed by atoms with Gasteiger partial charge in [0, 0.05) is 22.8 Å². The Morgan fingerprint density at radius 3 is 2.53 bits per heavy atom. The number of rotatable bonds is 10. The molecule has 2 aromatic heterocycles. The summed E-state index contributed by atoms with van der Waals surface area (Å²) in [5, 5.41) is 0.401. The molecule has 0 saturated carbocycles. The third-order valence-electron chi connectivity index (χ3n) is 5.29. The van der Waals surface area contributed by atoms with Gasteiger partial charge in [0.25, 0.3) is 10.0 Å². The Morgan fingerprint density at radius 2 is 1.94 bits per heavy atom. The Hall–Kier alpha value is -2.36. The van der Waals surface area contributed by atoms with Gasteiger partial charge >= 0.3 is 6.09 Å². The molecule has 3 rings (SSSR count). The van der Waals surface area contributed by atoms with Crippen LogP contribution in [0.3, 0.4) is 0 Å². The van der Waals surface area contributed by atoms with Crippen LogP contribution in [0.4, 0.5) is 4.79 Å². The monoisotopic (exact) mass is 523 g/mol. The molecule has 3 aromatic rings. The summed E-state index contributed by atoms with van der Waals surface area (Å²) in [7, 11) is -4.09. The van der Waals surface area contributed by atoms with E-state index in [0.717, 1.165) is 28.8 Å². The second-order valence-electron chi connectivity index (χ2n) is 8.51. The van der Waals surface area contributed by atoms with Crippen LogP contribution in [0, 0.1) is 5.92 Å². The fraction of sp³-hybridized carbons (Fsp3) is 0.417. The highest BCUT2D eigenvalue weighted by atomic mass is 35.5. The number of hydrogen-bond donors (Lipinski definition) is 1. The number of nitrogens with zero attached hydrogens (tertiary/aromatic N) is 2. The van der Waals surface area contributed by atoms with Crippen molar-refractivity contribution in [3.63, 3.8) is 0 Å². The van der Waals surface area contributed by atoms with Gasteiger partial charge in [-0.15, -0.1) is 11.3 Å². The number of imidazole rings is 1. The summed E-state index contributed by atoms with van der Waals surface area (Å²) in [6.07, 6.45) is 4.75. The van der Waals surface area contributed by atoms with E-state index in [-0.39, 0.29) is 16.9 Å². The van der Waals surface area contributed by atoms with Crippen LogP contribution < -0.4 is 4.72 Å². The first kappa shape index (κ1) is 26.2. The predicted octanol–water partition coefficient (Wildman–Crippen LogP) is 6.29. The minimum absolute atomic E-state index is 0.0363. The summed E-state index contributed by atoms with van der Waals surface area (Å²) in [6, 6.07) is 9.52. The van der Waals surface area contributed by atoms with Crippen LogP contribution in [0.5, 0.6) is 0 Å². The summed E-state index contributed by atoms with van der Waals surface area (Å²) in [5.74, 6) is 0.358. The van der Waals surface area contributed by atoms with E-state index in [1.165, 1.54) is 11.3 Å². The second kappa shape index (κ2) is 11.4. The van der Waals surface area contributed by atoms with E-state index in [2.05, 4.69) is 23.6 Å². The molecule has 34 heavy (non-hydrogen) atoms. The van der Waals surface area contributed by atoms with E-state index in [0.29, 0.717) is 23.2 Å². The standard InChI is InChI=1S/C24H30ClN3O4S2/c1-5-6-13-32-24(29)27-34(30,31)22-21(15-20(33-22)14-16(2)3)19-9-7-18(8-10-19)17(4)28-12-11-26-23(28)25/h7-12,15-17H,5-6,13-14H2,1-4H3,(H,27,29). The van der Waals surface area contributed by atoms with Gasteiger partial charge < -0.3 is 9.30 Å². The maximum atomic E-state index is 13.1. The van der Waals surface area contributed by atoms with Crippen molar-refractivity contribution >= 4 is 39.1 Å². The van der Waals surface area contributed by atoms with E-state index in [9.17, 15) is 13.2 Å². The number of benzene rings is 1. The SMILES string of the molecule is CCCCOC(=O)NS(=O)(=O)c1sc(CC(C)C)cc1-c1ccc(C(C)n2ccnc2Cl)cc1. The van der Waals surface area contributed by atoms with Crippen LogP contribution in [0.1, 0.15) is 57.0 Å². The number of carbonyl (C=O) groups excluding carboxylic acids is 1. The van der Waals surface area contributed by atoms with Crippen LogP contribution in [0.15, 0.2) is 46.9 Å². The van der Waals surface area contributed by atoms with Crippen molar-refractivity contribution in [3.05, 3.63) is 58.4 Å². The number of halogens is 1. The number of amides is 1. The van der Waals surface area contributed by atoms with Crippen molar-refractivity contribution in [2.45, 2.75) is 57.2 Å². The van der Waals surface area contributed by atoms with Crippen molar-refractivity contribution < 1.29 is 17.9 Å². The molecule has 0 aliphatic heterocycles. The molecule has 1 amide bonds. The molecule has 0 bridgehead atoms. The first-order valence-electron chi connectivity index (χ1n) is 11.2.